The Labute approximate surface area is 188 Å². The summed E-state index contributed by atoms with van der Waals surface area (Å²) in [6, 6.07) is 16.3. The van der Waals surface area contributed by atoms with Crippen molar-refractivity contribution in [2.24, 2.45) is 0 Å². The van der Waals surface area contributed by atoms with Crippen molar-refractivity contribution in [3.63, 3.8) is 0 Å². The third-order valence-electron chi connectivity index (χ3n) is 5.89. The average Bonchev–Trinajstić information content (AvgIpc) is 3.29. The van der Waals surface area contributed by atoms with Gasteiger partial charge in [-0.2, -0.15) is 0 Å². The highest BCUT2D eigenvalue weighted by Crippen LogP contribution is 2.44. The average molecular weight is 439 g/mol. The van der Waals surface area contributed by atoms with Crippen LogP contribution in [0.4, 0.5) is 9.59 Å². The van der Waals surface area contributed by atoms with Gasteiger partial charge in [0.15, 0.2) is 0 Å². The number of likely N-dealkylation sites (tertiary alicyclic amines) is 1. The minimum atomic E-state index is -1.21. The molecular formula is C25H30N2O5. The van der Waals surface area contributed by atoms with Crippen LogP contribution in [-0.4, -0.2) is 59.6 Å². The normalized spacial score (nSPS) is 19.9. The molecule has 1 aliphatic carbocycles. The number of nitrogens with zero attached hydrogens (tertiary/aromatic N) is 1. The molecule has 7 nitrogen and oxygen atoms in total. The first-order valence-electron chi connectivity index (χ1n) is 10.9. The monoisotopic (exact) mass is 438 g/mol. The van der Waals surface area contributed by atoms with Crippen LogP contribution in [-0.2, 0) is 9.47 Å². The maximum absolute atomic E-state index is 12.4. The van der Waals surface area contributed by atoms with E-state index in [2.05, 4.69) is 29.6 Å². The van der Waals surface area contributed by atoms with Crippen molar-refractivity contribution in [2.75, 3.05) is 26.2 Å². The van der Waals surface area contributed by atoms with Gasteiger partial charge in [-0.15, -0.1) is 0 Å². The van der Waals surface area contributed by atoms with Crippen molar-refractivity contribution < 1.29 is 24.2 Å². The Balaban J connectivity index is 1.30. The van der Waals surface area contributed by atoms with Gasteiger partial charge in [-0.25, -0.2) is 9.59 Å². The fraction of sp³-hybridized carbons (Fsp3) is 0.440. The summed E-state index contributed by atoms with van der Waals surface area (Å²) in [6.45, 7) is 6.08. The first-order valence-corrected chi connectivity index (χ1v) is 10.9. The lowest BCUT2D eigenvalue weighted by molar-refractivity contribution is 0.0153. The number of hydrogen-bond donors (Lipinski definition) is 2. The van der Waals surface area contributed by atoms with E-state index in [1.54, 1.807) is 20.8 Å². The minimum Gasteiger partial charge on any atom is -0.449 e. The van der Waals surface area contributed by atoms with Gasteiger partial charge in [-0.05, 0) is 49.4 Å². The van der Waals surface area contributed by atoms with Gasteiger partial charge in [0, 0.05) is 12.5 Å². The van der Waals surface area contributed by atoms with Gasteiger partial charge in [0.1, 0.15) is 17.8 Å². The molecule has 2 aromatic carbocycles. The fourth-order valence-corrected chi connectivity index (χ4v) is 4.37. The molecule has 0 spiro atoms. The highest BCUT2D eigenvalue weighted by Gasteiger charge is 2.40. The van der Waals surface area contributed by atoms with E-state index in [9.17, 15) is 14.7 Å². The molecule has 0 bridgehead atoms. The zero-order chi connectivity index (χ0) is 22.9. The Morgan fingerprint density at radius 3 is 2.28 bits per heavy atom. The molecule has 1 unspecified atom stereocenters. The number of aliphatic hydroxyl groups is 1. The summed E-state index contributed by atoms with van der Waals surface area (Å²) in [4.78, 5) is 26.1. The number of ether oxygens (including phenoxy) is 2. The first kappa shape index (κ1) is 22.1. The molecule has 1 aliphatic heterocycles. The second-order valence-electron chi connectivity index (χ2n) is 9.56. The van der Waals surface area contributed by atoms with E-state index >= 15 is 0 Å². The molecule has 4 rings (SSSR count). The summed E-state index contributed by atoms with van der Waals surface area (Å²) in [6.07, 6.45) is -0.693. The smallest absolute Gasteiger partial charge is 0.410 e. The number of nitrogens with one attached hydrogen (secondary N) is 1. The molecule has 2 amide bonds. The van der Waals surface area contributed by atoms with E-state index in [1.165, 1.54) is 16.0 Å². The van der Waals surface area contributed by atoms with Crippen molar-refractivity contribution in [3.8, 4) is 11.1 Å². The van der Waals surface area contributed by atoms with Crippen LogP contribution in [0.1, 0.15) is 44.2 Å². The zero-order valence-corrected chi connectivity index (χ0v) is 18.8. The number of rotatable bonds is 4. The van der Waals surface area contributed by atoms with Gasteiger partial charge in [-0.1, -0.05) is 48.5 Å². The SMILES string of the molecule is CC(C)(C)OC(=O)N1CCC(O)(CNC(=O)OCC2c3ccccc3-c3ccccc32)C1. The van der Waals surface area contributed by atoms with Gasteiger partial charge in [0.25, 0.3) is 0 Å². The van der Waals surface area contributed by atoms with E-state index in [1.807, 2.05) is 24.3 Å². The third kappa shape index (κ3) is 4.72. The van der Waals surface area contributed by atoms with Crippen LogP contribution >= 0.6 is 0 Å². The Kier molecular flexibility index (Phi) is 5.86. The number of carbonyl (C=O) groups excluding carboxylic acids is 2. The largest absolute Gasteiger partial charge is 0.449 e. The predicted octanol–water partition coefficient (Wildman–Crippen LogP) is 3.90. The van der Waals surface area contributed by atoms with Crippen LogP contribution in [0, 0.1) is 0 Å². The van der Waals surface area contributed by atoms with E-state index in [4.69, 9.17) is 9.47 Å². The Bertz CT molecular complexity index is 970. The first-order chi connectivity index (χ1) is 15.2. The van der Waals surface area contributed by atoms with Crippen molar-refractivity contribution in [1.29, 1.82) is 0 Å². The van der Waals surface area contributed by atoms with E-state index in [0.717, 1.165) is 11.1 Å². The lowest BCUT2D eigenvalue weighted by Gasteiger charge is -2.26. The van der Waals surface area contributed by atoms with Gasteiger partial charge in [-0.3, -0.25) is 0 Å². The van der Waals surface area contributed by atoms with Gasteiger partial charge >= 0.3 is 12.2 Å². The summed E-state index contributed by atoms with van der Waals surface area (Å²) in [5.74, 6) is -0.0228. The molecule has 1 atom stereocenters. The molecule has 170 valence electrons. The highest BCUT2D eigenvalue weighted by atomic mass is 16.6. The molecule has 1 fully saturated rings. The Morgan fingerprint density at radius 2 is 1.69 bits per heavy atom. The zero-order valence-electron chi connectivity index (χ0n) is 18.8. The summed E-state index contributed by atoms with van der Waals surface area (Å²) in [5.41, 5.74) is 2.81. The van der Waals surface area contributed by atoms with Crippen LogP contribution in [0.2, 0.25) is 0 Å². The van der Waals surface area contributed by atoms with Crippen molar-refractivity contribution in [2.45, 2.75) is 44.3 Å². The van der Waals surface area contributed by atoms with Crippen LogP contribution in [0.15, 0.2) is 48.5 Å². The van der Waals surface area contributed by atoms with Crippen molar-refractivity contribution in [1.82, 2.24) is 10.2 Å². The molecule has 1 saturated heterocycles. The van der Waals surface area contributed by atoms with Gasteiger partial charge in [0.05, 0.1) is 13.1 Å². The van der Waals surface area contributed by atoms with Gasteiger partial charge < -0.3 is 24.8 Å². The maximum Gasteiger partial charge on any atom is 0.410 e. The molecule has 0 saturated carbocycles. The molecular weight excluding hydrogens is 408 g/mol. The van der Waals surface area contributed by atoms with Crippen LogP contribution < -0.4 is 5.32 Å². The van der Waals surface area contributed by atoms with Crippen LogP contribution in [0.3, 0.4) is 0 Å². The lowest BCUT2D eigenvalue weighted by atomic mass is 9.98. The molecule has 0 aromatic heterocycles. The molecule has 0 radical (unpaired) electrons. The number of β-amino-alcohol motifs (C(OH)–C–C–N with tert-alkyl or cyclic N) is 1. The van der Waals surface area contributed by atoms with E-state index < -0.39 is 23.4 Å². The highest BCUT2D eigenvalue weighted by molar-refractivity contribution is 5.79. The van der Waals surface area contributed by atoms with Crippen LogP contribution in [0.25, 0.3) is 11.1 Å². The molecule has 2 N–H and O–H groups in total. The van der Waals surface area contributed by atoms with Crippen molar-refractivity contribution >= 4 is 12.2 Å². The molecule has 2 aliphatic rings. The van der Waals surface area contributed by atoms with Crippen molar-refractivity contribution in [3.05, 3.63) is 59.7 Å². The number of amides is 2. The summed E-state index contributed by atoms with van der Waals surface area (Å²) in [5, 5.41) is 13.4. The molecule has 32 heavy (non-hydrogen) atoms. The number of alkyl carbamates (subject to hydrolysis) is 1. The third-order valence-corrected chi connectivity index (χ3v) is 5.89. The minimum absolute atomic E-state index is 0.00295. The molecule has 2 aromatic rings. The quantitative estimate of drug-likeness (QED) is 0.756. The second kappa shape index (κ2) is 8.47. The number of carbonyl (C=O) groups is 2. The Hall–Kier alpha value is -3.06. The second-order valence-corrected chi connectivity index (χ2v) is 9.56. The number of benzene rings is 2. The number of fused-ring (bicyclic) bond motifs is 3. The summed E-state index contributed by atoms with van der Waals surface area (Å²) >= 11 is 0. The predicted molar refractivity (Wildman–Crippen MR) is 120 cm³/mol. The molecule has 7 heteroatoms. The van der Waals surface area contributed by atoms with E-state index in [0.29, 0.717) is 13.0 Å². The van der Waals surface area contributed by atoms with Gasteiger partial charge in [0.2, 0.25) is 0 Å². The Morgan fingerprint density at radius 1 is 1.09 bits per heavy atom. The molecule has 1 heterocycles. The fourth-order valence-electron chi connectivity index (χ4n) is 4.37. The van der Waals surface area contributed by atoms with E-state index in [-0.39, 0.29) is 25.6 Å². The number of hydrogen-bond acceptors (Lipinski definition) is 5. The summed E-state index contributed by atoms with van der Waals surface area (Å²) in [7, 11) is 0. The topological polar surface area (TPSA) is 88.1 Å². The maximum atomic E-state index is 12.4. The lowest BCUT2D eigenvalue weighted by Crippen LogP contribution is -2.46. The standard InChI is InChI=1S/C25H30N2O5/c1-24(2,3)32-23(29)27-13-12-25(30,16-27)15-26-22(28)31-14-21-19-10-6-4-8-17(19)18-9-5-7-11-20(18)21/h4-11,21,30H,12-16H2,1-3H3,(H,26,28). The van der Waals surface area contributed by atoms with Crippen LogP contribution in [0.5, 0.6) is 0 Å². The summed E-state index contributed by atoms with van der Waals surface area (Å²) < 4.78 is 10.9.